The number of thioether (sulfide) groups is 1. The van der Waals surface area contributed by atoms with Crippen LogP contribution >= 0.6 is 35.6 Å². The Hall–Kier alpha value is -1.84. The first-order valence-electron chi connectivity index (χ1n) is 7.55. The molecule has 0 radical (unpaired) electrons. The largest absolute Gasteiger partial charge is 0.492 e. The fraction of sp³-hybridized carbons (Fsp3) is 0.333. The summed E-state index contributed by atoms with van der Waals surface area (Å²) in [5, 5.41) is 11.8. The van der Waals surface area contributed by atoms with Gasteiger partial charge in [0, 0.05) is 5.56 Å². The van der Waals surface area contributed by atoms with Gasteiger partial charge < -0.3 is 4.74 Å². The molecule has 1 aromatic carbocycles. The second-order valence-electron chi connectivity index (χ2n) is 4.77. The van der Waals surface area contributed by atoms with Crippen LogP contribution in [0, 0.1) is 6.92 Å². The number of carbonyl (C=O) groups is 1. The van der Waals surface area contributed by atoms with Crippen molar-refractivity contribution in [2.24, 2.45) is 0 Å². The Morgan fingerprint density at radius 3 is 2.80 bits per heavy atom. The van der Waals surface area contributed by atoms with Crippen LogP contribution in [0.15, 0.2) is 23.4 Å². The van der Waals surface area contributed by atoms with E-state index in [2.05, 4.69) is 20.9 Å². The highest BCUT2D eigenvalue weighted by Crippen LogP contribution is 2.25. The second kappa shape index (κ2) is 9.02. The predicted molar refractivity (Wildman–Crippen MR) is 103 cm³/mol. The summed E-state index contributed by atoms with van der Waals surface area (Å²) in [5.74, 6) is 1.63. The zero-order chi connectivity index (χ0) is 18.4. The third-order valence-corrected chi connectivity index (χ3v) is 4.30. The monoisotopic (exact) mass is 399 g/mol. The van der Waals surface area contributed by atoms with Gasteiger partial charge in [-0.25, -0.2) is 4.68 Å². The number of rotatable bonds is 6. The molecule has 0 fully saturated rings. The minimum Gasteiger partial charge on any atom is -0.492 e. The number of halogens is 1. The van der Waals surface area contributed by atoms with Gasteiger partial charge in [0.1, 0.15) is 11.6 Å². The van der Waals surface area contributed by atoms with Crippen LogP contribution in [0.4, 0.5) is 0 Å². The molecule has 0 unspecified atom stereocenters. The van der Waals surface area contributed by atoms with E-state index in [1.165, 1.54) is 17.8 Å². The first-order valence-corrected chi connectivity index (χ1v) is 9.32. The highest BCUT2D eigenvalue weighted by Gasteiger charge is 2.14. The van der Waals surface area contributed by atoms with Crippen LogP contribution in [0.3, 0.4) is 0 Å². The third kappa shape index (κ3) is 5.07. The van der Waals surface area contributed by atoms with Crippen LogP contribution in [0.2, 0.25) is 5.02 Å². The highest BCUT2D eigenvalue weighted by molar-refractivity contribution is 7.99. The molecule has 2 N–H and O–H groups in total. The van der Waals surface area contributed by atoms with Gasteiger partial charge in [-0.2, -0.15) is 0 Å². The molecule has 7 nitrogen and oxygen atoms in total. The zero-order valence-electron chi connectivity index (χ0n) is 14.0. The molecule has 0 bridgehead atoms. The van der Waals surface area contributed by atoms with Gasteiger partial charge in [0.15, 0.2) is 5.11 Å². The van der Waals surface area contributed by atoms with Crippen molar-refractivity contribution in [1.82, 2.24) is 20.2 Å². The normalized spacial score (nSPS) is 10.4. The topological polar surface area (TPSA) is 81.1 Å². The van der Waals surface area contributed by atoms with E-state index in [4.69, 9.17) is 28.6 Å². The molecule has 0 spiro atoms. The van der Waals surface area contributed by atoms with E-state index in [0.29, 0.717) is 33.9 Å². The van der Waals surface area contributed by atoms with Gasteiger partial charge in [-0.1, -0.05) is 30.3 Å². The molecule has 0 aliphatic heterocycles. The molecule has 0 saturated carbocycles. The molecule has 2 aromatic rings. The van der Waals surface area contributed by atoms with Crippen molar-refractivity contribution in [3.05, 3.63) is 34.6 Å². The number of nitrogens with one attached hydrogen (secondary N) is 2. The van der Waals surface area contributed by atoms with E-state index in [9.17, 15) is 4.79 Å². The number of thiocarbonyl (C=S) groups is 1. The molecule has 1 aromatic heterocycles. The molecule has 2 rings (SSSR count). The van der Waals surface area contributed by atoms with E-state index < -0.39 is 0 Å². The summed E-state index contributed by atoms with van der Waals surface area (Å²) < 4.78 is 6.98. The zero-order valence-corrected chi connectivity index (χ0v) is 16.4. The Morgan fingerprint density at radius 2 is 2.16 bits per heavy atom. The van der Waals surface area contributed by atoms with Crippen LogP contribution < -0.4 is 15.5 Å². The van der Waals surface area contributed by atoms with Crippen molar-refractivity contribution in [1.29, 1.82) is 0 Å². The number of aryl methyl sites for hydroxylation is 1. The quantitative estimate of drug-likeness (QED) is 0.570. The van der Waals surface area contributed by atoms with E-state index in [0.717, 1.165) is 5.75 Å². The van der Waals surface area contributed by atoms with Gasteiger partial charge in [0.2, 0.25) is 5.16 Å². The summed E-state index contributed by atoms with van der Waals surface area (Å²) in [6.07, 6.45) is 0. The first-order chi connectivity index (χ1) is 12.0. The van der Waals surface area contributed by atoms with Gasteiger partial charge in [-0.05, 0) is 50.0 Å². The number of hydrogen-bond acceptors (Lipinski definition) is 6. The van der Waals surface area contributed by atoms with E-state index in [1.807, 2.05) is 13.8 Å². The molecule has 10 heteroatoms. The number of hydrogen-bond donors (Lipinski definition) is 2. The lowest BCUT2D eigenvalue weighted by molar-refractivity contribution is 0.0977. The summed E-state index contributed by atoms with van der Waals surface area (Å²) >= 11 is 12.8. The van der Waals surface area contributed by atoms with Gasteiger partial charge >= 0.3 is 0 Å². The maximum absolute atomic E-state index is 12.3. The standard InChI is InChI=1S/C15H18ClN5O2S2/c1-4-23-12-7-6-10(8-11(12)16)13(22)17-14(24)20-21-9(3)18-19-15(21)25-5-2/h6-8H,4-5H2,1-3H3,(H2,17,20,22,24). The molecule has 0 aliphatic carbocycles. The maximum atomic E-state index is 12.3. The lowest BCUT2D eigenvalue weighted by Crippen LogP contribution is -2.38. The molecule has 1 heterocycles. The van der Waals surface area contributed by atoms with Gasteiger partial charge in [-0.3, -0.25) is 15.5 Å². The minimum absolute atomic E-state index is 0.135. The van der Waals surface area contributed by atoms with Crippen LogP contribution in [-0.4, -0.2) is 38.3 Å². The average molecular weight is 400 g/mol. The molecule has 25 heavy (non-hydrogen) atoms. The fourth-order valence-corrected chi connectivity index (χ4v) is 3.00. The van der Waals surface area contributed by atoms with Crippen molar-refractivity contribution in [2.45, 2.75) is 25.9 Å². The van der Waals surface area contributed by atoms with Crippen LogP contribution in [0.25, 0.3) is 0 Å². The lowest BCUT2D eigenvalue weighted by atomic mass is 10.2. The number of carbonyl (C=O) groups excluding carboxylic acids is 1. The smallest absolute Gasteiger partial charge is 0.257 e. The summed E-state index contributed by atoms with van der Waals surface area (Å²) in [6.45, 7) is 6.15. The van der Waals surface area contributed by atoms with Crippen molar-refractivity contribution < 1.29 is 9.53 Å². The first kappa shape index (κ1) is 19.5. The average Bonchev–Trinajstić information content (AvgIpc) is 2.90. The minimum atomic E-state index is -0.377. The number of nitrogens with zero attached hydrogens (tertiary/aromatic N) is 3. The molecule has 134 valence electrons. The predicted octanol–water partition coefficient (Wildman–Crippen LogP) is 3.01. The Labute approximate surface area is 160 Å². The third-order valence-electron chi connectivity index (χ3n) is 3.00. The van der Waals surface area contributed by atoms with Crippen molar-refractivity contribution >= 4 is 46.6 Å². The van der Waals surface area contributed by atoms with Gasteiger partial charge in [-0.15, -0.1) is 10.2 Å². The van der Waals surface area contributed by atoms with Gasteiger partial charge in [0.05, 0.1) is 11.6 Å². The van der Waals surface area contributed by atoms with Crippen molar-refractivity contribution in [3.8, 4) is 5.75 Å². The lowest BCUT2D eigenvalue weighted by Gasteiger charge is -2.13. The number of ether oxygens (including phenoxy) is 1. The molecule has 0 aliphatic rings. The summed E-state index contributed by atoms with van der Waals surface area (Å²) in [4.78, 5) is 12.3. The van der Waals surface area contributed by atoms with E-state index in [-0.39, 0.29) is 11.0 Å². The Bertz CT molecular complexity index is 781. The second-order valence-corrected chi connectivity index (χ2v) is 6.82. The van der Waals surface area contributed by atoms with Crippen molar-refractivity contribution in [2.75, 3.05) is 17.8 Å². The van der Waals surface area contributed by atoms with E-state index in [1.54, 1.807) is 23.7 Å². The number of aromatic nitrogens is 3. The molecular weight excluding hydrogens is 382 g/mol. The Kier molecular flexibility index (Phi) is 7.03. The summed E-state index contributed by atoms with van der Waals surface area (Å²) in [7, 11) is 0. The summed E-state index contributed by atoms with van der Waals surface area (Å²) in [5.41, 5.74) is 3.28. The SMILES string of the molecule is CCOc1ccc(C(=O)NC(=S)Nn2c(C)nnc2SCC)cc1Cl. The Morgan fingerprint density at radius 1 is 1.40 bits per heavy atom. The van der Waals surface area contributed by atoms with E-state index >= 15 is 0 Å². The fourth-order valence-electron chi connectivity index (χ4n) is 1.91. The van der Waals surface area contributed by atoms with Crippen molar-refractivity contribution in [3.63, 3.8) is 0 Å². The molecule has 0 atom stereocenters. The van der Waals surface area contributed by atoms with Crippen LogP contribution in [0.5, 0.6) is 5.75 Å². The molecule has 0 saturated heterocycles. The van der Waals surface area contributed by atoms with Gasteiger partial charge in [0.25, 0.3) is 5.91 Å². The number of benzene rings is 1. The number of amides is 1. The van der Waals surface area contributed by atoms with Crippen LogP contribution in [0.1, 0.15) is 30.0 Å². The molecular formula is C15H18ClN5O2S2. The summed E-state index contributed by atoms with van der Waals surface area (Å²) in [6, 6.07) is 4.81. The highest BCUT2D eigenvalue weighted by atomic mass is 35.5. The Balaban J connectivity index is 2.04. The maximum Gasteiger partial charge on any atom is 0.257 e. The van der Waals surface area contributed by atoms with Crippen LogP contribution in [-0.2, 0) is 0 Å². The molecule has 1 amide bonds.